The summed E-state index contributed by atoms with van der Waals surface area (Å²) in [6, 6.07) is 11.6. The Morgan fingerprint density at radius 1 is 1.16 bits per heavy atom. The SMILES string of the molecule is CCOC(=O)CCc1cccc2c1COCC2(C)c1cnc(-c2cc(Oc3c(F)c(F)c4[nH]ccc4c3SC)ccc2F)[nH]1. The van der Waals surface area contributed by atoms with Gasteiger partial charge < -0.3 is 24.2 Å². The van der Waals surface area contributed by atoms with Crippen LogP contribution in [-0.4, -0.2) is 40.4 Å². The molecule has 0 bridgehead atoms. The summed E-state index contributed by atoms with van der Waals surface area (Å²) in [6.07, 6.45) is 5.70. The number of esters is 1. The van der Waals surface area contributed by atoms with Gasteiger partial charge in [-0.25, -0.2) is 13.8 Å². The summed E-state index contributed by atoms with van der Waals surface area (Å²) >= 11 is 1.22. The van der Waals surface area contributed by atoms with Crippen molar-refractivity contribution in [3.63, 3.8) is 0 Å². The number of nitrogens with zero attached hydrogens (tertiary/aromatic N) is 1. The Bertz CT molecular complexity index is 1870. The third-order valence-electron chi connectivity index (χ3n) is 8.01. The number of carbonyl (C=O) groups is 1. The normalized spacial score (nSPS) is 16.2. The largest absolute Gasteiger partial charge is 0.466 e. The van der Waals surface area contributed by atoms with Crippen LogP contribution < -0.4 is 4.74 Å². The standard InChI is InChI=1S/C33H30F3N3O4S/c1-4-42-26(40)11-8-18-6-5-7-23-22(18)16-41-17-33(23,2)25-15-38-32(39-25)21-14-19(9-10-24(21)34)43-30-28(36)27(35)29-20(12-13-37-29)31(30)44-3/h5-7,9-10,12-15,37H,4,8,11,16-17H2,1-3H3,(H,38,39). The van der Waals surface area contributed by atoms with Crippen LogP contribution >= 0.6 is 11.8 Å². The number of hydrogen-bond acceptors (Lipinski definition) is 6. The molecule has 0 amide bonds. The maximum Gasteiger partial charge on any atom is 0.306 e. The van der Waals surface area contributed by atoms with Gasteiger partial charge in [0.2, 0.25) is 5.82 Å². The molecule has 5 aromatic rings. The van der Waals surface area contributed by atoms with Gasteiger partial charge in [-0.05, 0) is 67.5 Å². The lowest BCUT2D eigenvalue weighted by Crippen LogP contribution is -2.35. The topological polar surface area (TPSA) is 89.2 Å². The number of carbonyl (C=O) groups excluding carboxylic acids is 1. The molecular formula is C33H30F3N3O4S. The molecule has 3 aromatic carbocycles. The van der Waals surface area contributed by atoms with Gasteiger partial charge in [0.1, 0.15) is 17.4 Å². The van der Waals surface area contributed by atoms with Crippen LogP contribution in [0.15, 0.2) is 59.8 Å². The van der Waals surface area contributed by atoms with Gasteiger partial charge in [0.15, 0.2) is 11.6 Å². The van der Waals surface area contributed by atoms with Crippen LogP contribution in [0.3, 0.4) is 0 Å². The number of rotatable bonds is 9. The van der Waals surface area contributed by atoms with Gasteiger partial charge >= 0.3 is 5.97 Å². The van der Waals surface area contributed by atoms with Crippen LogP contribution in [0.2, 0.25) is 0 Å². The molecule has 2 N–H and O–H groups in total. The number of ether oxygens (including phenoxy) is 3. The quantitative estimate of drug-likeness (QED) is 0.129. The smallest absolute Gasteiger partial charge is 0.306 e. The van der Waals surface area contributed by atoms with E-state index in [1.165, 1.54) is 36.2 Å². The number of aromatic nitrogens is 3. The minimum atomic E-state index is -1.14. The molecule has 44 heavy (non-hydrogen) atoms. The van der Waals surface area contributed by atoms with E-state index in [0.29, 0.717) is 42.2 Å². The predicted octanol–water partition coefficient (Wildman–Crippen LogP) is 7.82. The molecule has 3 heterocycles. The third kappa shape index (κ3) is 5.24. The zero-order valence-corrected chi connectivity index (χ0v) is 25.2. The van der Waals surface area contributed by atoms with Crippen molar-refractivity contribution in [1.82, 2.24) is 15.0 Å². The first-order valence-corrected chi connectivity index (χ1v) is 15.4. The molecule has 11 heteroatoms. The first kappa shape index (κ1) is 29.8. The van der Waals surface area contributed by atoms with E-state index < -0.39 is 22.9 Å². The third-order valence-corrected chi connectivity index (χ3v) is 8.82. The number of hydrogen-bond donors (Lipinski definition) is 2. The molecule has 6 rings (SSSR count). The van der Waals surface area contributed by atoms with Crippen molar-refractivity contribution >= 4 is 28.6 Å². The zero-order valence-electron chi connectivity index (χ0n) is 24.4. The van der Waals surface area contributed by atoms with Crippen LogP contribution in [-0.2, 0) is 32.7 Å². The van der Waals surface area contributed by atoms with E-state index in [4.69, 9.17) is 14.2 Å². The molecule has 1 unspecified atom stereocenters. The molecule has 228 valence electrons. The molecule has 7 nitrogen and oxygen atoms in total. The Balaban J connectivity index is 1.32. The number of aromatic amines is 2. The van der Waals surface area contributed by atoms with Gasteiger partial charge in [0.05, 0.1) is 41.2 Å². The average Bonchev–Trinajstić information content (AvgIpc) is 3.72. The summed E-state index contributed by atoms with van der Waals surface area (Å²) in [4.78, 5) is 22.9. The number of fused-ring (bicyclic) bond motifs is 2. The lowest BCUT2D eigenvalue weighted by molar-refractivity contribution is -0.143. The van der Waals surface area contributed by atoms with Crippen molar-refractivity contribution in [3.8, 4) is 22.9 Å². The van der Waals surface area contributed by atoms with Crippen molar-refractivity contribution in [2.75, 3.05) is 19.5 Å². The number of halogens is 3. The minimum Gasteiger partial charge on any atom is -0.466 e. The van der Waals surface area contributed by atoms with E-state index in [9.17, 15) is 9.18 Å². The highest BCUT2D eigenvalue weighted by Gasteiger charge is 2.37. The number of H-pyrrole nitrogens is 2. The van der Waals surface area contributed by atoms with Crippen molar-refractivity contribution in [2.45, 2.75) is 43.6 Å². The Kier molecular flexibility index (Phi) is 8.17. The lowest BCUT2D eigenvalue weighted by atomic mass is 9.75. The van der Waals surface area contributed by atoms with Crippen LogP contribution in [0.25, 0.3) is 22.3 Å². The zero-order chi connectivity index (χ0) is 31.0. The van der Waals surface area contributed by atoms with Crippen molar-refractivity contribution in [2.24, 2.45) is 0 Å². The Labute approximate surface area is 256 Å². The number of thioether (sulfide) groups is 1. The molecule has 0 aliphatic carbocycles. The molecule has 2 aromatic heterocycles. The van der Waals surface area contributed by atoms with Gasteiger partial charge in [-0.1, -0.05) is 18.2 Å². The fourth-order valence-corrected chi connectivity index (χ4v) is 6.46. The van der Waals surface area contributed by atoms with E-state index in [0.717, 1.165) is 16.7 Å². The highest BCUT2D eigenvalue weighted by Crippen LogP contribution is 2.43. The molecule has 1 aliphatic heterocycles. The van der Waals surface area contributed by atoms with Crippen LogP contribution in [0.4, 0.5) is 13.2 Å². The first-order valence-electron chi connectivity index (χ1n) is 14.1. The van der Waals surface area contributed by atoms with Gasteiger partial charge in [-0.15, -0.1) is 11.8 Å². The summed E-state index contributed by atoms with van der Waals surface area (Å²) in [5.41, 5.74) is 3.26. The molecule has 1 aliphatic rings. The maximum atomic E-state index is 15.2. The Morgan fingerprint density at radius 3 is 2.80 bits per heavy atom. The van der Waals surface area contributed by atoms with E-state index in [-0.39, 0.29) is 40.8 Å². The molecule has 1 atom stereocenters. The maximum absolute atomic E-state index is 15.2. The summed E-state index contributed by atoms with van der Waals surface area (Å²) in [5, 5.41) is 0.483. The average molecular weight is 622 g/mol. The Morgan fingerprint density at radius 2 is 2.00 bits per heavy atom. The van der Waals surface area contributed by atoms with E-state index in [1.807, 2.05) is 25.1 Å². The fraction of sp³-hybridized carbons (Fsp3) is 0.273. The summed E-state index contributed by atoms with van der Waals surface area (Å²) in [7, 11) is 0. The minimum absolute atomic E-state index is 0.0509. The van der Waals surface area contributed by atoms with E-state index in [2.05, 4.69) is 15.0 Å². The molecule has 0 spiro atoms. The van der Waals surface area contributed by atoms with Crippen molar-refractivity contribution < 1.29 is 32.2 Å². The van der Waals surface area contributed by atoms with Crippen LogP contribution in [0.1, 0.15) is 42.7 Å². The summed E-state index contributed by atoms with van der Waals surface area (Å²) in [5.74, 6) is -2.92. The van der Waals surface area contributed by atoms with Gasteiger partial charge in [-0.3, -0.25) is 4.79 Å². The molecule has 0 saturated carbocycles. The monoisotopic (exact) mass is 621 g/mol. The predicted molar refractivity (Wildman–Crippen MR) is 162 cm³/mol. The van der Waals surface area contributed by atoms with Gasteiger partial charge in [-0.2, -0.15) is 4.39 Å². The van der Waals surface area contributed by atoms with E-state index >= 15 is 8.78 Å². The van der Waals surface area contributed by atoms with Gasteiger partial charge in [0.25, 0.3) is 0 Å². The Hall–Kier alpha value is -4.22. The number of benzene rings is 3. The second-order valence-electron chi connectivity index (χ2n) is 10.7. The fourth-order valence-electron chi connectivity index (χ4n) is 5.76. The van der Waals surface area contributed by atoms with Crippen LogP contribution in [0.5, 0.6) is 11.5 Å². The molecule has 0 fully saturated rings. The van der Waals surface area contributed by atoms with Gasteiger partial charge in [0, 0.05) is 29.9 Å². The lowest BCUT2D eigenvalue weighted by Gasteiger charge is -2.36. The van der Waals surface area contributed by atoms with E-state index in [1.54, 1.807) is 25.4 Å². The number of nitrogens with one attached hydrogen (secondary N) is 2. The molecule has 0 saturated heterocycles. The highest BCUT2D eigenvalue weighted by atomic mass is 32.2. The number of imidazole rings is 1. The van der Waals surface area contributed by atoms with Crippen molar-refractivity contribution in [3.05, 3.63) is 94.7 Å². The first-order chi connectivity index (χ1) is 21.2. The second kappa shape index (κ2) is 12.0. The van der Waals surface area contributed by atoms with Crippen LogP contribution in [0, 0.1) is 17.5 Å². The number of aryl methyl sites for hydroxylation is 1. The second-order valence-corrected chi connectivity index (χ2v) is 11.5. The summed E-state index contributed by atoms with van der Waals surface area (Å²) < 4.78 is 62.0. The highest BCUT2D eigenvalue weighted by molar-refractivity contribution is 7.99. The summed E-state index contributed by atoms with van der Waals surface area (Å²) in [6.45, 7) is 4.90. The van der Waals surface area contributed by atoms with Crippen molar-refractivity contribution in [1.29, 1.82) is 0 Å². The molecule has 0 radical (unpaired) electrons. The molecular weight excluding hydrogens is 591 g/mol.